The number of fused-ring (bicyclic) bond motifs is 1. The van der Waals surface area contributed by atoms with Crippen LogP contribution in [0.15, 0.2) is 60.2 Å². The predicted octanol–water partition coefficient (Wildman–Crippen LogP) is 3.92. The minimum atomic E-state index is -0.164. The van der Waals surface area contributed by atoms with Crippen LogP contribution < -0.4 is 9.80 Å². The number of anilines is 2. The van der Waals surface area contributed by atoms with Crippen molar-refractivity contribution >= 4 is 28.4 Å². The zero-order chi connectivity index (χ0) is 18.2. The van der Waals surface area contributed by atoms with Gasteiger partial charge in [0, 0.05) is 38.6 Å². The van der Waals surface area contributed by atoms with Gasteiger partial charge in [-0.2, -0.15) is 5.10 Å². The maximum atomic E-state index is 14.1. The van der Waals surface area contributed by atoms with Crippen LogP contribution in [0.1, 0.15) is 0 Å². The molecule has 0 radical (unpaired) electrons. The van der Waals surface area contributed by atoms with Gasteiger partial charge >= 0.3 is 0 Å². The first-order valence-electron chi connectivity index (χ1n) is 8.92. The number of hydrogen-bond donors (Lipinski definition) is 0. The fourth-order valence-corrected chi connectivity index (χ4v) is 4.25. The molecule has 1 fully saturated rings. The zero-order valence-corrected chi connectivity index (χ0v) is 15.4. The van der Waals surface area contributed by atoms with E-state index in [9.17, 15) is 4.39 Å². The summed E-state index contributed by atoms with van der Waals surface area (Å²) < 4.78 is 16.0. The van der Waals surface area contributed by atoms with E-state index in [4.69, 9.17) is 0 Å². The van der Waals surface area contributed by atoms with E-state index in [-0.39, 0.29) is 5.82 Å². The highest BCUT2D eigenvalue weighted by Gasteiger charge is 2.22. The van der Waals surface area contributed by atoms with Gasteiger partial charge < -0.3 is 9.80 Å². The van der Waals surface area contributed by atoms with Gasteiger partial charge in [0.2, 0.25) is 0 Å². The largest absolute Gasteiger partial charge is 0.366 e. The van der Waals surface area contributed by atoms with Crippen molar-refractivity contribution in [1.82, 2.24) is 14.6 Å². The molecule has 1 aromatic carbocycles. The van der Waals surface area contributed by atoms with E-state index in [1.165, 1.54) is 6.07 Å². The summed E-state index contributed by atoms with van der Waals surface area (Å²) in [6, 6.07) is 13.2. The van der Waals surface area contributed by atoms with Crippen molar-refractivity contribution in [3.05, 3.63) is 66.1 Å². The molecule has 5 nitrogen and oxygen atoms in total. The molecule has 27 heavy (non-hydrogen) atoms. The van der Waals surface area contributed by atoms with E-state index in [1.807, 2.05) is 28.9 Å². The van der Waals surface area contributed by atoms with Gasteiger partial charge in [-0.15, -0.1) is 11.3 Å². The Morgan fingerprint density at radius 3 is 2.56 bits per heavy atom. The molecule has 0 atom stereocenters. The number of halogens is 1. The van der Waals surface area contributed by atoms with E-state index in [0.29, 0.717) is 5.69 Å². The Hall–Kier alpha value is -2.93. The first-order valence-corrected chi connectivity index (χ1v) is 9.80. The fourth-order valence-electron chi connectivity index (χ4n) is 3.56. The van der Waals surface area contributed by atoms with Crippen LogP contribution >= 0.6 is 11.3 Å². The highest BCUT2D eigenvalue weighted by atomic mass is 32.1. The monoisotopic (exact) mass is 379 g/mol. The molecular weight excluding hydrogens is 361 g/mol. The number of rotatable bonds is 3. The molecule has 0 saturated carbocycles. The summed E-state index contributed by atoms with van der Waals surface area (Å²) >= 11 is 1.68. The summed E-state index contributed by atoms with van der Waals surface area (Å²) in [5.74, 6) is 0.767. The van der Waals surface area contributed by atoms with Gasteiger partial charge in [-0.25, -0.2) is 13.9 Å². The number of piperazine rings is 1. The van der Waals surface area contributed by atoms with Crippen LogP contribution in [0.3, 0.4) is 0 Å². The Morgan fingerprint density at radius 1 is 0.963 bits per heavy atom. The molecule has 136 valence electrons. The van der Waals surface area contributed by atoms with Gasteiger partial charge in [0.15, 0.2) is 5.82 Å². The second-order valence-electron chi connectivity index (χ2n) is 6.51. The highest BCUT2D eigenvalue weighted by Crippen LogP contribution is 2.29. The molecule has 4 heterocycles. The van der Waals surface area contributed by atoms with Gasteiger partial charge in [0.1, 0.15) is 17.0 Å². The Kier molecular flexibility index (Phi) is 4.01. The van der Waals surface area contributed by atoms with Crippen molar-refractivity contribution in [3.63, 3.8) is 0 Å². The van der Waals surface area contributed by atoms with Gasteiger partial charge in [-0.3, -0.25) is 0 Å². The van der Waals surface area contributed by atoms with Crippen LogP contribution in [0.4, 0.5) is 15.9 Å². The first kappa shape index (κ1) is 16.3. The Morgan fingerprint density at radius 2 is 1.78 bits per heavy atom. The van der Waals surface area contributed by atoms with Crippen molar-refractivity contribution in [1.29, 1.82) is 0 Å². The Labute approximate surface area is 160 Å². The van der Waals surface area contributed by atoms with Gasteiger partial charge in [-0.05, 0) is 29.6 Å². The van der Waals surface area contributed by atoms with Crippen molar-refractivity contribution in [3.8, 4) is 10.6 Å². The quantitative estimate of drug-likeness (QED) is 0.541. The van der Waals surface area contributed by atoms with Crippen molar-refractivity contribution in [2.75, 3.05) is 36.0 Å². The number of hydrogen-bond acceptors (Lipinski definition) is 5. The lowest BCUT2D eigenvalue weighted by Gasteiger charge is -2.36. The van der Waals surface area contributed by atoms with Crippen LogP contribution in [0, 0.1) is 5.82 Å². The molecule has 1 aliphatic rings. The standard InChI is InChI=1S/C20H18FN5S/c21-15-4-1-2-5-17(15)24-9-11-25(12-10-24)20-18-14-16(19-6-3-13-27-19)23-26(18)8-7-22-20/h1-8,13-14H,9-12H2. The summed E-state index contributed by atoms with van der Waals surface area (Å²) in [7, 11) is 0. The molecule has 7 heteroatoms. The van der Waals surface area contributed by atoms with Crippen LogP contribution in [0.2, 0.25) is 0 Å². The second kappa shape index (κ2) is 6.66. The Bertz CT molecular complexity index is 1070. The molecule has 5 rings (SSSR count). The van der Waals surface area contributed by atoms with Crippen molar-refractivity contribution in [2.24, 2.45) is 0 Å². The smallest absolute Gasteiger partial charge is 0.154 e. The maximum absolute atomic E-state index is 14.1. The summed E-state index contributed by atoms with van der Waals surface area (Å²) in [5.41, 5.74) is 2.64. The first-order chi connectivity index (χ1) is 13.3. The van der Waals surface area contributed by atoms with Crippen molar-refractivity contribution in [2.45, 2.75) is 0 Å². The number of thiophene rings is 1. The van der Waals surface area contributed by atoms with Crippen LogP contribution in [0.5, 0.6) is 0 Å². The lowest BCUT2D eigenvalue weighted by atomic mass is 10.2. The molecule has 4 aromatic rings. The molecule has 0 N–H and O–H groups in total. The normalized spacial score (nSPS) is 14.9. The number of benzene rings is 1. The molecule has 0 spiro atoms. The summed E-state index contributed by atoms with van der Waals surface area (Å²) in [6.45, 7) is 3.10. The molecule has 0 bridgehead atoms. The van der Waals surface area contributed by atoms with Gasteiger partial charge in [0.05, 0.1) is 10.6 Å². The zero-order valence-electron chi connectivity index (χ0n) is 14.6. The third-order valence-corrected chi connectivity index (χ3v) is 5.81. The molecule has 0 unspecified atom stereocenters. The maximum Gasteiger partial charge on any atom is 0.154 e. The number of nitrogens with zero attached hydrogens (tertiary/aromatic N) is 5. The van der Waals surface area contributed by atoms with E-state index in [0.717, 1.165) is 48.1 Å². The summed E-state index contributed by atoms with van der Waals surface area (Å²) in [5, 5.41) is 6.74. The topological polar surface area (TPSA) is 36.7 Å². The SMILES string of the molecule is Fc1ccccc1N1CCN(c2nccn3nc(-c4cccs4)cc23)CC1. The molecular formula is C20H18FN5S. The molecule has 1 saturated heterocycles. The second-order valence-corrected chi connectivity index (χ2v) is 7.46. The van der Waals surface area contributed by atoms with E-state index in [1.54, 1.807) is 23.6 Å². The van der Waals surface area contributed by atoms with Gasteiger partial charge in [0.25, 0.3) is 0 Å². The summed E-state index contributed by atoms with van der Waals surface area (Å²) in [6.07, 6.45) is 3.67. The Balaban J connectivity index is 1.41. The van der Waals surface area contributed by atoms with Crippen molar-refractivity contribution < 1.29 is 4.39 Å². The van der Waals surface area contributed by atoms with Crippen LogP contribution in [-0.2, 0) is 0 Å². The molecule has 3 aromatic heterocycles. The number of para-hydroxylation sites is 1. The van der Waals surface area contributed by atoms with E-state index < -0.39 is 0 Å². The average molecular weight is 379 g/mol. The molecule has 0 aliphatic carbocycles. The minimum absolute atomic E-state index is 0.164. The van der Waals surface area contributed by atoms with E-state index in [2.05, 4.69) is 37.4 Å². The summed E-state index contributed by atoms with van der Waals surface area (Å²) in [4.78, 5) is 10.1. The molecule has 0 amide bonds. The van der Waals surface area contributed by atoms with E-state index >= 15 is 0 Å². The van der Waals surface area contributed by atoms with Gasteiger partial charge in [-0.1, -0.05) is 18.2 Å². The third kappa shape index (κ3) is 2.94. The molecule has 1 aliphatic heterocycles. The van der Waals surface area contributed by atoms with Crippen LogP contribution in [0.25, 0.3) is 16.1 Å². The fraction of sp³-hybridized carbons (Fsp3) is 0.200. The minimum Gasteiger partial charge on any atom is -0.366 e. The number of aromatic nitrogens is 3. The van der Waals surface area contributed by atoms with Crippen LogP contribution in [-0.4, -0.2) is 40.8 Å². The lowest BCUT2D eigenvalue weighted by molar-refractivity contribution is 0.596. The predicted molar refractivity (Wildman–Crippen MR) is 107 cm³/mol. The lowest BCUT2D eigenvalue weighted by Crippen LogP contribution is -2.47. The average Bonchev–Trinajstić information content (AvgIpc) is 3.38. The third-order valence-electron chi connectivity index (χ3n) is 4.92. The highest BCUT2D eigenvalue weighted by molar-refractivity contribution is 7.13.